The van der Waals surface area contributed by atoms with E-state index in [1.54, 1.807) is 32.2 Å². The number of ketones is 2. The fourth-order valence-electron chi connectivity index (χ4n) is 4.30. The SMILES string of the molecule is COc1cc(OC)c2c(c1Cl)O[C@]1(C2=O)C(O)=C(C(C)=NCc2ccccn2)C(=O)C[C@H]1C. The number of aliphatic imine (C=N–C) groups is 1. The zero-order valence-corrected chi connectivity index (χ0v) is 19.4. The molecule has 1 aromatic heterocycles. The number of nitrogens with zero attached hydrogens (tertiary/aromatic N) is 2. The number of fused-ring (bicyclic) bond motifs is 1. The van der Waals surface area contributed by atoms with Crippen molar-refractivity contribution in [2.75, 3.05) is 14.2 Å². The monoisotopic (exact) mass is 470 g/mol. The van der Waals surface area contributed by atoms with E-state index < -0.39 is 23.1 Å². The molecule has 2 heterocycles. The van der Waals surface area contributed by atoms with Gasteiger partial charge in [-0.2, -0.15) is 0 Å². The summed E-state index contributed by atoms with van der Waals surface area (Å²) >= 11 is 6.44. The summed E-state index contributed by atoms with van der Waals surface area (Å²) in [5, 5.41) is 11.4. The number of Topliss-reactive ketones (excluding diaryl/α,β-unsaturated/α-hetero) is 2. The molecular formula is C24H23ClN2O6. The predicted molar refractivity (Wildman–Crippen MR) is 122 cm³/mol. The number of pyridine rings is 1. The molecule has 4 rings (SSSR count). The number of aromatic nitrogens is 1. The maximum absolute atomic E-state index is 13.7. The summed E-state index contributed by atoms with van der Waals surface area (Å²) in [6.45, 7) is 3.50. The number of aliphatic hydroxyl groups is 1. The molecule has 8 nitrogen and oxygen atoms in total. The minimum absolute atomic E-state index is 0.0212. The number of benzene rings is 1. The van der Waals surface area contributed by atoms with Crippen LogP contribution in [-0.2, 0) is 11.3 Å². The maximum atomic E-state index is 13.7. The first kappa shape index (κ1) is 22.8. The topological polar surface area (TPSA) is 107 Å². The highest BCUT2D eigenvalue weighted by molar-refractivity contribution is 6.35. The van der Waals surface area contributed by atoms with Crippen molar-refractivity contribution in [3.8, 4) is 17.2 Å². The largest absolute Gasteiger partial charge is 0.507 e. The van der Waals surface area contributed by atoms with E-state index in [4.69, 9.17) is 25.8 Å². The number of halogens is 1. The van der Waals surface area contributed by atoms with Crippen LogP contribution in [0.1, 0.15) is 36.3 Å². The average molecular weight is 471 g/mol. The molecule has 1 aliphatic heterocycles. The standard InChI is InChI=1S/C24H23ClN2O6/c1-12-9-15(28)18(13(2)27-11-14-7-5-6-8-26-14)22(29)24(12)23(30)19-16(31-3)10-17(32-4)20(25)21(19)33-24/h5-8,10,12,29H,9,11H2,1-4H3/t12-,24+/m1/s1. The predicted octanol–water partition coefficient (Wildman–Crippen LogP) is 4.15. The van der Waals surface area contributed by atoms with Gasteiger partial charge in [0.25, 0.3) is 0 Å². The van der Waals surface area contributed by atoms with Crippen LogP contribution in [0.3, 0.4) is 0 Å². The van der Waals surface area contributed by atoms with Crippen molar-refractivity contribution in [3.63, 3.8) is 0 Å². The van der Waals surface area contributed by atoms with E-state index in [0.717, 1.165) is 0 Å². The summed E-state index contributed by atoms with van der Waals surface area (Å²) in [5.74, 6) is -1.49. The van der Waals surface area contributed by atoms with Gasteiger partial charge in [-0.25, -0.2) is 0 Å². The molecule has 9 heteroatoms. The number of carbonyl (C=O) groups excluding carboxylic acids is 2. The van der Waals surface area contributed by atoms with Crippen LogP contribution in [0, 0.1) is 5.92 Å². The highest BCUT2D eigenvalue weighted by Crippen LogP contribution is 2.54. The average Bonchev–Trinajstić information content (AvgIpc) is 3.12. The molecule has 0 fully saturated rings. The van der Waals surface area contributed by atoms with E-state index in [1.165, 1.54) is 20.3 Å². The Labute approximate surface area is 195 Å². The normalized spacial score (nSPS) is 22.5. The number of allylic oxidation sites excluding steroid dienone is 1. The van der Waals surface area contributed by atoms with Gasteiger partial charge in [-0.15, -0.1) is 0 Å². The van der Waals surface area contributed by atoms with Gasteiger partial charge < -0.3 is 19.3 Å². The second-order valence-corrected chi connectivity index (χ2v) is 8.32. The third kappa shape index (κ3) is 3.45. The Morgan fingerprint density at radius 2 is 2.03 bits per heavy atom. The molecule has 172 valence electrons. The van der Waals surface area contributed by atoms with Crippen LogP contribution in [0.2, 0.25) is 5.02 Å². The van der Waals surface area contributed by atoms with Crippen LogP contribution in [0.5, 0.6) is 17.2 Å². The molecule has 1 spiro atoms. The highest BCUT2D eigenvalue weighted by atomic mass is 35.5. The first-order valence-corrected chi connectivity index (χ1v) is 10.7. The van der Waals surface area contributed by atoms with Gasteiger partial charge in [-0.05, 0) is 19.1 Å². The molecule has 0 saturated carbocycles. The van der Waals surface area contributed by atoms with E-state index in [1.807, 2.05) is 6.07 Å². The van der Waals surface area contributed by atoms with Gasteiger partial charge in [0.2, 0.25) is 11.4 Å². The molecule has 2 aliphatic rings. The van der Waals surface area contributed by atoms with Gasteiger partial charge >= 0.3 is 0 Å². The molecule has 2 aromatic rings. The minimum atomic E-state index is -1.82. The van der Waals surface area contributed by atoms with Crippen molar-refractivity contribution < 1.29 is 28.9 Å². The number of aliphatic hydroxyl groups excluding tert-OH is 1. The third-order valence-corrected chi connectivity index (χ3v) is 6.40. The van der Waals surface area contributed by atoms with Gasteiger partial charge in [0.1, 0.15) is 22.1 Å². The van der Waals surface area contributed by atoms with Gasteiger partial charge in [0.05, 0.1) is 32.0 Å². The van der Waals surface area contributed by atoms with Crippen molar-refractivity contribution in [1.29, 1.82) is 0 Å². The van der Waals surface area contributed by atoms with Crippen LogP contribution in [0.4, 0.5) is 0 Å². The Morgan fingerprint density at radius 1 is 1.30 bits per heavy atom. The van der Waals surface area contributed by atoms with Crippen LogP contribution >= 0.6 is 11.6 Å². The number of methoxy groups -OCH3 is 2. The molecule has 2 atom stereocenters. The summed E-state index contributed by atoms with van der Waals surface area (Å²) in [7, 11) is 2.84. The number of ether oxygens (including phenoxy) is 3. The Hall–Kier alpha value is -3.39. The van der Waals surface area contributed by atoms with Gasteiger partial charge in [0.15, 0.2) is 17.3 Å². The summed E-state index contributed by atoms with van der Waals surface area (Å²) in [5.41, 5.74) is -0.771. The molecule has 1 aliphatic carbocycles. The number of carbonyl (C=O) groups is 2. The van der Waals surface area contributed by atoms with E-state index in [9.17, 15) is 14.7 Å². The molecule has 1 aromatic carbocycles. The summed E-state index contributed by atoms with van der Waals surface area (Å²) in [6, 6.07) is 6.92. The second-order valence-electron chi connectivity index (χ2n) is 7.94. The van der Waals surface area contributed by atoms with Crippen LogP contribution < -0.4 is 14.2 Å². The Bertz CT molecular complexity index is 1210. The van der Waals surface area contributed by atoms with Crippen LogP contribution in [0.25, 0.3) is 0 Å². The molecular weight excluding hydrogens is 448 g/mol. The molecule has 1 N–H and O–H groups in total. The van der Waals surface area contributed by atoms with Gasteiger partial charge in [-0.3, -0.25) is 19.6 Å². The maximum Gasteiger partial charge on any atom is 0.231 e. The van der Waals surface area contributed by atoms with E-state index >= 15 is 0 Å². The lowest BCUT2D eigenvalue weighted by Gasteiger charge is -2.37. The molecule has 0 amide bonds. The van der Waals surface area contributed by atoms with Crippen molar-refractivity contribution in [3.05, 3.63) is 58.1 Å². The second kappa shape index (κ2) is 8.51. The molecule has 0 unspecified atom stereocenters. The van der Waals surface area contributed by atoms with E-state index in [2.05, 4.69) is 9.98 Å². The fraction of sp³-hybridized carbons (Fsp3) is 0.333. The lowest BCUT2D eigenvalue weighted by Crippen LogP contribution is -2.53. The number of hydrogen-bond acceptors (Lipinski definition) is 8. The summed E-state index contributed by atoms with van der Waals surface area (Å²) < 4.78 is 16.8. The molecule has 0 saturated heterocycles. The Morgan fingerprint density at radius 3 is 2.67 bits per heavy atom. The minimum Gasteiger partial charge on any atom is -0.507 e. The number of rotatable bonds is 5. The summed E-state index contributed by atoms with van der Waals surface area (Å²) in [4.78, 5) is 35.3. The van der Waals surface area contributed by atoms with Crippen molar-refractivity contribution >= 4 is 28.9 Å². The third-order valence-electron chi connectivity index (χ3n) is 6.04. The van der Waals surface area contributed by atoms with Crippen LogP contribution in [-0.4, -0.2) is 47.2 Å². The van der Waals surface area contributed by atoms with Crippen LogP contribution in [0.15, 0.2) is 46.8 Å². The lowest BCUT2D eigenvalue weighted by molar-refractivity contribution is -0.118. The fourth-order valence-corrected chi connectivity index (χ4v) is 4.57. The highest BCUT2D eigenvalue weighted by Gasteiger charge is 2.61. The molecule has 33 heavy (non-hydrogen) atoms. The first-order chi connectivity index (χ1) is 15.8. The van der Waals surface area contributed by atoms with Gasteiger partial charge in [0, 0.05) is 30.3 Å². The Balaban J connectivity index is 1.84. The van der Waals surface area contributed by atoms with Gasteiger partial charge in [-0.1, -0.05) is 24.6 Å². The van der Waals surface area contributed by atoms with Crippen molar-refractivity contribution in [2.24, 2.45) is 10.9 Å². The first-order valence-electron chi connectivity index (χ1n) is 10.3. The lowest BCUT2D eigenvalue weighted by atomic mass is 9.72. The van der Waals surface area contributed by atoms with Crippen molar-refractivity contribution in [2.45, 2.75) is 32.4 Å². The van der Waals surface area contributed by atoms with E-state index in [0.29, 0.717) is 5.69 Å². The molecule has 0 bridgehead atoms. The van der Waals surface area contributed by atoms with E-state index in [-0.39, 0.29) is 57.9 Å². The zero-order chi connectivity index (χ0) is 23.9. The smallest absolute Gasteiger partial charge is 0.231 e. The Kier molecular flexibility index (Phi) is 5.88. The number of hydrogen-bond donors (Lipinski definition) is 1. The summed E-state index contributed by atoms with van der Waals surface area (Å²) in [6.07, 6.45) is 1.62. The van der Waals surface area contributed by atoms with Crippen molar-refractivity contribution in [1.82, 2.24) is 4.98 Å². The molecule has 0 radical (unpaired) electrons. The quantitative estimate of drug-likeness (QED) is 0.654. The zero-order valence-electron chi connectivity index (χ0n) is 18.6.